The molecule has 1 N–H and O–H groups in total. The second-order valence-electron chi connectivity index (χ2n) is 7.29. The Morgan fingerprint density at radius 1 is 1.04 bits per heavy atom. The molecule has 0 saturated heterocycles. The van der Waals surface area contributed by atoms with Crippen molar-refractivity contribution in [1.29, 1.82) is 0 Å². The fourth-order valence-electron chi connectivity index (χ4n) is 3.56. The van der Waals surface area contributed by atoms with Gasteiger partial charge in [0, 0.05) is 6.04 Å². The molecule has 138 valence electrons. The molecule has 26 heavy (non-hydrogen) atoms. The lowest BCUT2D eigenvalue weighted by Crippen LogP contribution is -2.41. The number of aryl methyl sites for hydroxylation is 2. The van der Waals surface area contributed by atoms with Gasteiger partial charge in [-0.05, 0) is 75.1 Å². The highest BCUT2D eigenvalue weighted by Crippen LogP contribution is 2.30. The molecule has 0 spiro atoms. The van der Waals surface area contributed by atoms with E-state index in [1.54, 1.807) is 0 Å². The summed E-state index contributed by atoms with van der Waals surface area (Å²) in [7, 11) is 0. The van der Waals surface area contributed by atoms with Crippen LogP contribution in [-0.2, 0) is 24.1 Å². The van der Waals surface area contributed by atoms with Gasteiger partial charge in [0.15, 0.2) is 6.10 Å². The van der Waals surface area contributed by atoms with E-state index in [1.807, 2.05) is 25.1 Å². The fourth-order valence-corrected chi connectivity index (χ4v) is 3.56. The second-order valence-corrected chi connectivity index (χ2v) is 7.29. The van der Waals surface area contributed by atoms with Crippen LogP contribution in [0.4, 0.5) is 0 Å². The average molecular weight is 351 g/mol. The van der Waals surface area contributed by atoms with Crippen LogP contribution in [0.1, 0.15) is 49.8 Å². The molecule has 1 aliphatic rings. The zero-order chi connectivity index (χ0) is 18.4. The van der Waals surface area contributed by atoms with Crippen LogP contribution in [0.25, 0.3) is 0 Å². The molecule has 3 nitrogen and oxygen atoms in total. The van der Waals surface area contributed by atoms with Gasteiger partial charge in [-0.2, -0.15) is 0 Å². The molecule has 0 saturated carbocycles. The fraction of sp³-hybridized carbons (Fsp3) is 0.435. The summed E-state index contributed by atoms with van der Waals surface area (Å²) in [6, 6.07) is 16.7. The lowest BCUT2D eigenvalue weighted by atomic mass is 9.91. The Labute approximate surface area is 156 Å². The highest BCUT2D eigenvalue weighted by Gasteiger charge is 2.20. The van der Waals surface area contributed by atoms with Crippen molar-refractivity contribution in [2.24, 2.45) is 0 Å². The lowest BCUT2D eigenvalue weighted by Gasteiger charge is -2.23. The third kappa shape index (κ3) is 4.87. The van der Waals surface area contributed by atoms with Crippen molar-refractivity contribution >= 4 is 5.91 Å². The molecular formula is C23H29NO2. The first kappa shape index (κ1) is 18.5. The Morgan fingerprint density at radius 2 is 1.81 bits per heavy atom. The molecule has 0 heterocycles. The van der Waals surface area contributed by atoms with Crippen LogP contribution in [0.5, 0.6) is 5.75 Å². The standard InChI is InChI=1S/C23H29NO2/c1-17(15-16-19-9-4-3-5-10-19)24-23(25)18(2)26-22-14-8-12-20-11-6-7-13-21(20)22/h3-5,8-10,12,14,17-18H,6-7,11,13,15-16H2,1-2H3,(H,24,25). The molecule has 0 aliphatic heterocycles. The number of hydrogen-bond donors (Lipinski definition) is 1. The van der Waals surface area contributed by atoms with Crippen LogP contribution in [0, 0.1) is 0 Å². The van der Waals surface area contributed by atoms with Crippen LogP contribution in [0.15, 0.2) is 48.5 Å². The average Bonchev–Trinajstić information content (AvgIpc) is 2.67. The Hall–Kier alpha value is -2.29. The maximum atomic E-state index is 12.5. The Morgan fingerprint density at radius 3 is 2.62 bits per heavy atom. The normalized spacial score (nSPS) is 15.6. The summed E-state index contributed by atoms with van der Waals surface area (Å²) in [6.45, 7) is 3.89. The molecule has 2 atom stereocenters. The van der Waals surface area contributed by atoms with Crippen LogP contribution in [0.3, 0.4) is 0 Å². The number of carbonyl (C=O) groups excluding carboxylic acids is 1. The quantitative estimate of drug-likeness (QED) is 0.799. The molecule has 3 heteroatoms. The lowest BCUT2D eigenvalue weighted by molar-refractivity contribution is -0.127. The molecule has 2 aromatic carbocycles. The molecule has 0 aromatic heterocycles. The summed E-state index contributed by atoms with van der Waals surface area (Å²) in [4.78, 5) is 12.5. The molecule has 1 amide bonds. The monoisotopic (exact) mass is 351 g/mol. The first-order chi connectivity index (χ1) is 12.6. The van der Waals surface area contributed by atoms with Gasteiger partial charge in [-0.25, -0.2) is 0 Å². The number of benzene rings is 2. The number of amides is 1. The SMILES string of the molecule is CC(CCc1ccccc1)NC(=O)C(C)Oc1cccc2c1CCCC2. The molecule has 0 radical (unpaired) electrons. The van der Waals surface area contributed by atoms with Gasteiger partial charge in [-0.1, -0.05) is 42.5 Å². The van der Waals surface area contributed by atoms with E-state index < -0.39 is 6.10 Å². The predicted molar refractivity (Wildman–Crippen MR) is 106 cm³/mol. The van der Waals surface area contributed by atoms with Crippen LogP contribution in [0.2, 0.25) is 0 Å². The van der Waals surface area contributed by atoms with E-state index in [2.05, 4.69) is 42.6 Å². The maximum Gasteiger partial charge on any atom is 0.260 e. The third-order valence-corrected chi connectivity index (χ3v) is 5.12. The number of fused-ring (bicyclic) bond motifs is 1. The molecule has 0 bridgehead atoms. The Balaban J connectivity index is 1.51. The molecule has 3 rings (SSSR count). The third-order valence-electron chi connectivity index (χ3n) is 5.12. The Bertz CT molecular complexity index is 726. The summed E-state index contributed by atoms with van der Waals surface area (Å²) >= 11 is 0. The smallest absolute Gasteiger partial charge is 0.260 e. The highest BCUT2D eigenvalue weighted by molar-refractivity contribution is 5.81. The molecule has 0 fully saturated rings. The van der Waals surface area contributed by atoms with Gasteiger partial charge < -0.3 is 10.1 Å². The molecule has 2 aromatic rings. The minimum Gasteiger partial charge on any atom is -0.481 e. The van der Waals surface area contributed by atoms with Crippen LogP contribution >= 0.6 is 0 Å². The van der Waals surface area contributed by atoms with Crippen molar-refractivity contribution in [2.75, 3.05) is 0 Å². The maximum absolute atomic E-state index is 12.5. The molecule has 1 aliphatic carbocycles. The van der Waals surface area contributed by atoms with Crippen molar-refractivity contribution in [2.45, 2.75) is 64.5 Å². The zero-order valence-electron chi connectivity index (χ0n) is 15.8. The first-order valence-corrected chi connectivity index (χ1v) is 9.75. The summed E-state index contributed by atoms with van der Waals surface area (Å²) in [5.41, 5.74) is 3.96. The summed E-state index contributed by atoms with van der Waals surface area (Å²) in [5, 5.41) is 3.09. The number of rotatable bonds is 7. The van der Waals surface area contributed by atoms with E-state index in [-0.39, 0.29) is 11.9 Å². The zero-order valence-corrected chi connectivity index (χ0v) is 15.8. The minimum atomic E-state index is -0.484. The van der Waals surface area contributed by atoms with Crippen molar-refractivity contribution in [1.82, 2.24) is 5.32 Å². The predicted octanol–water partition coefficient (Wildman–Crippen LogP) is 4.47. The number of hydrogen-bond acceptors (Lipinski definition) is 2. The van der Waals surface area contributed by atoms with Crippen molar-refractivity contribution in [3.8, 4) is 5.75 Å². The van der Waals surface area contributed by atoms with Gasteiger partial charge in [0.2, 0.25) is 0 Å². The van der Waals surface area contributed by atoms with Crippen LogP contribution < -0.4 is 10.1 Å². The van der Waals surface area contributed by atoms with Crippen molar-refractivity contribution in [3.05, 3.63) is 65.2 Å². The number of ether oxygens (including phenoxy) is 1. The van der Waals surface area contributed by atoms with Crippen molar-refractivity contribution in [3.63, 3.8) is 0 Å². The van der Waals surface area contributed by atoms with Crippen molar-refractivity contribution < 1.29 is 9.53 Å². The second kappa shape index (κ2) is 8.88. The van der Waals surface area contributed by atoms with E-state index in [4.69, 9.17) is 4.74 Å². The van der Waals surface area contributed by atoms with Gasteiger partial charge >= 0.3 is 0 Å². The number of nitrogens with one attached hydrogen (secondary N) is 1. The largest absolute Gasteiger partial charge is 0.481 e. The van der Waals surface area contributed by atoms with E-state index in [1.165, 1.54) is 29.5 Å². The number of carbonyl (C=O) groups is 1. The van der Waals surface area contributed by atoms with Gasteiger partial charge in [0.05, 0.1) is 0 Å². The molecular weight excluding hydrogens is 322 g/mol. The van der Waals surface area contributed by atoms with Gasteiger partial charge in [-0.15, -0.1) is 0 Å². The van der Waals surface area contributed by atoms with E-state index in [9.17, 15) is 4.79 Å². The Kier molecular flexibility index (Phi) is 6.32. The van der Waals surface area contributed by atoms with E-state index in [0.717, 1.165) is 31.4 Å². The summed E-state index contributed by atoms with van der Waals surface area (Å²) in [6.07, 6.45) is 6.00. The van der Waals surface area contributed by atoms with Gasteiger partial charge in [0.25, 0.3) is 5.91 Å². The summed E-state index contributed by atoms with van der Waals surface area (Å²) < 4.78 is 6.03. The summed E-state index contributed by atoms with van der Waals surface area (Å²) in [5.74, 6) is 0.834. The van der Waals surface area contributed by atoms with Gasteiger partial charge in [-0.3, -0.25) is 4.79 Å². The topological polar surface area (TPSA) is 38.3 Å². The van der Waals surface area contributed by atoms with Crippen LogP contribution in [-0.4, -0.2) is 18.1 Å². The minimum absolute atomic E-state index is 0.0426. The first-order valence-electron chi connectivity index (χ1n) is 9.75. The van der Waals surface area contributed by atoms with E-state index in [0.29, 0.717) is 0 Å². The molecule has 2 unspecified atom stereocenters. The van der Waals surface area contributed by atoms with Gasteiger partial charge in [0.1, 0.15) is 5.75 Å². The highest BCUT2D eigenvalue weighted by atomic mass is 16.5. The van der Waals surface area contributed by atoms with E-state index >= 15 is 0 Å².